The lowest BCUT2D eigenvalue weighted by Crippen LogP contribution is -2.22. The van der Waals surface area contributed by atoms with Crippen LogP contribution in [-0.4, -0.2) is 5.91 Å². The highest BCUT2D eigenvalue weighted by atomic mass is 16.1. The van der Waals surface area contributed by atoms with E-state index in [9.17, 15) is 15.3 Å². The Labute approximate surface area is 224 Å². The van der Waals surface area contributed by atoms with Crippen molar-refractivity contribution in [1.82, 2.24) is 0 Å². The highest BCUT2D eigenvalue weighted by Gasteiger charge is 2.23. The van der Waals surface area contributed by atoms with Crippen LogP contribution < -0.4 is 5.73 Å². The molecule has 0 radical (unpaired) electrons. The molecule has 1 atom stereocenters. The average Bonchev–Trinajstić information content (AvgIpc) is 2.88. The Morgan fingerprint density at radius 3 is 1.31 bits per heavy atom. The van der Waals surface area contributed by atoms with E-state index in [0.29, 0.717) is 18.4 Å². The van der Waals surface area contributed by atoms with Crippen LogP contribution in [0.25, 0.3) is 0 Å². The first-order valence-electron chi connectivity index (χ1n) is 15.4. The third kappa shape index (κ3) is 19.4. The zero-order valence-electron chi connectivity index (χ0n) is 23.9. The molecule has 4 heteroatoms. The zero-order valence-corrected chi connectivity index (χ0v) is 23.9. The third-order valence-electron chi connectivity index (χ3n) is 7.36. The van der Waals surface area contributed by atoms with Gasteiger partial charge in [-0.2, -0.15) is 10.5 Å². The summed E-state index contributed by atoms with van der Waals surface area (Å²) in [5.74, 6) is -1.15. The molecule has 0 saturated carbocycles. The molecular weight excluding hydrogens is 442 g/mol. The van der Waals surface area contributed by atoms with Crippen molar-refractivity contribution in [2.24, 2.45) is 11.7 Å². The zero-order chi connectivity index (χ0) is 26.7. The highest BCUT2D eigenvalue weighted by Crippen LogP contribution is 2.25. The number of unbranched alkanes of at least 4 members (excludes halogenated alkanes) is 20. The van der Waals surface area contributed by atoms with Crippen LogP contribution in [0.1, 0.15) is 168 Å². The van der Waals surface area contributed by atoms with Crippen molar-refractivity contribution in [2.45, 2.75) is 168 Å². The van der Waals surface area contributed by atoms with Gasteiger partial charge in [0.2, 0.25) is 5.91 Å². The molecule has 1 unspecified atom stereocenters. The maximum absolute atomic E-state index is 12.2. The summed E-state index contributed by atoms with van der Waals surface area (Å²) in [6.07, 6.45) is 28.6. The molecule has 0 aliphatic heterocycles. The highest BCUT2D eigenvalue weighted by molar-refractivity contribution is 5.94. The van der Waals surface area contributed by atoms with Gasteiger partial charge in [0.15, 0.2) is 0 Å². The van der Waals surface area contributed by atoms with E-state index in [0.717, 1.165) is 25.7 Å². The molecule has 4 nitrogen and oxygen atoms in total. The topological polar surface area (TPSA) is 90.7 Å². The Hall–Kier alpha value is -1.81. The molecule has 0 spiro atoms. The van der Waals surface area contributed by atoms with Gasteiger partial charge in [0.25, 0.3) is 0 Å². The number of nitriles is 2. The summed E-state index contributed by atoms with van der Waals surface area (Å²) >= 11 is 0. The lowest BCUT2D eigenvalue weighted by molar-refractivity contribution is -0.115. The van der Waals surface area contributed by atoms with E-state index in [-0.39, 0.29) is 5.57 Å². The largest absolute Gasteiger partial charge is 0.366 e. The van der Waals surface area contributed by atoms with E-state index >= 15 is 0 Å². The molecule has 0 saturated heterocycles. The number of allylic oxidation sites excluding steroid dienone is 1. The number of hydrogen-bond donors (Lipinski definition) is 1. The number of hydrogen-bond acceptors (Lipinski definition) is 3. The Morgan fingerprint density at radius 1 is 0.611 bits per heavy atom. The van der Waals surface area contributed by atoms with Gasteiger partial charge in [-0.25, -0.2) is 0 Å². The van der Waals surface area contributed by atoms with Gasteiger partial charge in [-0.05, 0) is 19.3 Å². The van der Waals surface area contributed by atoms with Gasteiger partial charge in [-0.3, -0.25) is 4.79 Å². The Bertz CT molecular complexity index is 641. The van der Waals surface area contributed by atoms with E-state index in [2.05, 4.69) is 26.0 Å². The molecule has 0 heterocycles. The maximum Gasteiger partial charge on any atom is 0.246 e. The molecule has 0 aromatic rings. The second kappa shape index (κ2) is 26.3. The molecule has 0 aliphatic rings. The first kappa shape index (κ1) is 34.2. The third-order valence-corrected chi connectivity index (χ3v) is 7.36. The fraction of sp³-hybridized carbons (Fsp3) is 0.844. The molecule has 2 N–H and O–H groups in total. The fourth-order valence-corrected chi connectivity index (χ4v) is 5.03. The van der Waals surface area contributed by atoms with Crippen LogP contribution in [0.3, 0.4) is 0 Å². The molecule has 0 aromatic heterocycles. The molecule has 0 bridgehead atoms. The SMILES string of the molecule is CCCCCCCCCCCCCC(C#N)=C(C(N)=O)C(C#N)CCCCCCCCCCCCC. The smallest absolute Gasteiger partial charge is 0.246 e. The summed E-state index contributed by atoms with van der Waals surface area (Å²) in [7, 11) is 0. The van der Waals surface area contributed by atoms with E-state index in [4.69, 9.17) is 5.73 Å². The van der Waals surface area contributed by atoms with Crippen LogP contribution in [-0.2, 0) is 4.79 Å². The first-order chi connectivity index (χ1) is 17.6. The summed E-state index contributed by atoms with van der Waals surface area (Å²) in [5.41, 5.74) is 6.36. The predicted octanol–water partition coefficient (Wildman–Crippen LogP) is 9.83. The maximum atomic E-state index is 12.2. The minimum atomic E-state index is -0.593. The molecule has 206 valence electrons. The van der Waals surface area contributed by atoms with Crippen molar-refractivity contribution in [3.63, 3.8) is 0 Å². The summed E-state index contributed by atoms with van der Waals surface area (Å²) in [6.45, 7) is 4.50. The minimum absolute atomic E-state index is 0.277. The monoisotopic (exact) mass is 499 g/mol. The Morgan fingerprint density at radius 2 is 0.972 bits per heavy atom. The van der Waals surface area contributed by atoms with Gasteiger partial charge in [-0.1, -0.05) is 149 Å². The van der Waals surface area contributed by atoms with Gasteiger partial charge in [0.05, 0.1) is 18.1 Å². The quantitative estimate of drug-likeness (QED) is 0.0729. The average molecular weight is 500 g/mol. The number of rotatable bonds is 26. The van der Waals surface area contributed by atoms with E-state index in [1.807, 2.05) is 0 Å². The lowest BCUT2D eigenvalue weighted by atomic mass is 9.88. The van der Waals surface area contributed by atoms with E-state index in [1.165, 1.54) is 116 Å². The van der Waals surface area contributed by atoms with Crippen LogP contribution in [0.2, 0.25) is 0 Å². The van der Waals surface area contributed by atoms with Gasteiger partial charge in [-0.15, -0.1) is 0 Å². The fourth-order valence-electron chi connectivity index (χ4n) is 5.03. The number of primary amides is 1. The molecule has 0 aromatic carbocycles. The lowest BCUT2D eigenvalue weighted by Gasteiger charge is -2.13. The molecule has 0 rings (SSSR count). The number of carbonyl (C=O) groups excluding carboxylic acids is 1. The Balaban J connectivity index is 4.23. The first-order valence-corrected chi connectivity index (χ1v) is 15.4. The van der Waals surface area contributed by atoms with Gasteiger partial charge >= 0.3 is 0 Å². The van der Waals surface area contributed by atoms with Crippen LogP contribution in [0.4, 0.5) is 0 Å². The van der Waals surface area contributed by atoms with Crippen molar-refractivity contribution in [2.75, 3.05) is 0 Å². The summed E-state index contributed by atoms with van der Waals surface area (Å²) < 4.78 is 0. The second-order valence-electron chi connectivity index (χ2n) is 10.7. The van der Waals surface area contributed by atoms with Crippen LogP contribution in [0, 0.1) is 28.6 Å². The van der Waals surface area contributed by atoms with Gasteiger partial charge in [0, 0.05) is 11.1 Å². The van der Waals surface area contributed by atoms with Crippen molar-refractivity contribution < 1.29 is 4.79 Å². The minimum Gasteiger partial charge on any atom is -0.366 e. The molecule has 1 amide bonds. The summed E-state index contributed by atoms with van der Waals surface area (Å²) in [5, 5.41) is 19.4. The van der Waals surface area contributed by atoms with E-state index in [1.54, 1.807) is 0 Å². The van der Waals surface area contributed by atoms with Gasteiger partial charge in [0.1, 0.15) is 0 Å². The van der Waals surface area contributed by atoms with Gasteiger partial charge < -0.3 is 5.73 Å². The molecule has 0 aliphatic carbocycles. The van der Waals surface area contributed by atoms with Crippen molar-refractivity contribution in [3.05, 3.63) is 11.1 Å². The van der Waals surface area contributed by atoms with Crippen LogP contribution in [0.15, 0.2) is 11.1 Å². The number of nitrogens with two attached hydrogens (primary N) is 1. The second-order valence-corrected chi connectivity index (χ2v) is 10.7. The molecule has 36 heavy (non-hydrogen) atoms. The van der Waals surface area contributed by atoms with Crippen molar-refractivity contribution >= 4 is 5.91 Å². The number of amides is 1. The number of nitrogens with zero attached hydrogens (tertiary/aromatic N) is 2. The van der Waals surface area contributed by atoms with E-state index < -0.39 is 11.8 Å². The molecule has 0 fully saturated rings. The van der Waals surface area contributed by atoms with Crippen molar-refractivity contribution in [1.29, 1.82) is 10.5 Å². The summed E-state index contributed by atoms with van der Waals surface area (Å²) in [4.78, 5) is 12.2. The van der Waals surface area contributed by atoms with Crippen LogP contribution in [0.5, 0.6) is 0 Å². The van der Waals surface area contributed by atoms with Crippen LogP contribution >= 0.6 is 0 Å². The Kier molecular flexibility index (Phi) is 24.9. The standard InChI is InChI=1S/C32H57N3O/c1-3-5-7-9-11-13-15-17-19-21-23-25-29(27-33)31(32(35)36)30(28-34)26-24-22-20-18-16-14-12-10-8-6-4-2/h29H,3-26H2,1-2H3,(H2,35,36). The van der Waals surface area contributed by atoms with Crippen molar-refractivity contribution in [3.8, 4) is 12.1 Å². The predicted molar refractivity (Wildman–Crippen MR) is 153 cm³/mol. The summed E-state index contributed by atoms with van der Waals surface area (Å²) in [6, 6.07) is 4.47. The normalized spacial score (nSPS) is 12.6. The molecular formula is C32H57N3O. The number of carbonyl (C=O) groups is 1.